The van der Waals surface area contributed by atoms with Gasteiger partial charge in [-0.15, -0.1) is 0 Å². The second kappa shape index (κ2) is 9.05. The maximum Gasteiger partial charge on any atom is 0.137 e. The third-order valence-corrected chi connectivity index (χ3v) is 4.84. The average molecular weight is 377 g/mol. The molecule has 0 aliphatic heterocycles. The average Bonchev–Trinajstić information content (AvgIpc) is 2.69. The van der Waals surface area contributed by atoms with Crippen molar-refractivity contribution in [2.24, 2.45) is 0 Å². The molecule has 0 radical (unpaired) electrons. The zero-order valence-corrected chi connectivity index (χ0v) is 17.0. The second-order valence-electron chi connectivity index (χ2n) is 8.12. The van der Waals surface area contributed by atoms with Gasteiger partial charge >= 0.3 is 0 Å². The summed E-state index contributed by atoms with van der Waals surface area (Å²) in [6.07, 6.45) is -0.519. The summed E-state index contributed by atoms with van der Waals surface area (Å²) in [5.74, 6) is 0.780. The fourth-order valence-corrected chi connectivity index (χ4v) is 3.44. The highest BCUT2D eigenvalue weighted by Crippen LogP contribution is 2.22. The Morgan fingerprint density at radius 1 is 0.821 bits per heavy atom. The highest BCUT2D eigenvalue weighted by Gasteiger charge is 2.21. The van der Waals surface area contributed by atoms with Crippen LogP contribution in [0.2, 0.25) is 0 Å². The van der Waals surface area contributed by atoms with Crippen LogP contribution >= 0.6 is 0 Å². The van der Waals surface area contributed by atoms with E-state index < -0.39 is 6.10 Å². The second-order valence-corrected chi connectivity index (χ2v) is 8.12. The number of benzene rings is 3. The lowest BCUT2D eigenvalue weighted by atomic mass is 10.1. The van der Waals surface area contributed by atoms with Gasteiger partial charge in [0, 0.05) is 5.56 Å². The third kappa shape index (κ3) is 5.95. The largest absolute Gasteiger partial charge is 0.491 e. The highest BCUT2D eigenvalue weighted by atomic mass is 16.5. The van der Waals surface area contributed by atoms with Crippen LogP contribution in [0, 0.1) is 6.92 Å². The minimum Gasteiger partial charge on any atom is -0.491 e. The van der Waals surface area contributed by atoms with E-state index in [0.717, 1.165) is 17.9 Å². The number of aliphatic hydroxyl groups is 1. The summed E-state index contributed by atoms with van der Waals surface area (Å²) >= 11 is 0. The van der Waals surface area contributed by atoms with Gasteiger partial charge < -0.3 is 14.3 Å². The standard InChI is InChI=1S/C25H30NO2/c1-20-9-11-21(12-10-20)17-26(2,3)18-24(27)19-28-25-15-13-23(14-16-25)22-7-5-4-6-8-22/h4-16,24,27H,17-19H2,1-3H3/q+1. The van der Waals surface area contributed by atoms with Crippen LogP contribution in [0.5, 0.6) is 5.75 Å². The molecule has 3 heteroatoms. The molecule has 0 spiro atoms. The zero-order valence-electron chi connectivity index (χ0n) is 17.0. The first-order valence-corrected chi connectivity index (χ1v) is 9.75. The fraction of sp³-hybridized carbons (Fsp3) is 0.280. The van der Waals surface area contributed by atoms with Gasteiger partial charge in [0.2, 0.25) is 0 Å². The molecule has 0 aliphatic rings. The summed E-state index contributed by atoms with van der Waals surface area (Å²) in [7, 11) is 4.27. The summed E-state index contributed by atoms with van der Waals surface area (Å²) in [6.45, 7) is 3.90. The normalized spacial score (nSPS) is 12.6. The molecule has 146 valence electrons. The van der Waals surface area contributed by atoms with Crippen molar-refractivity contribution in [3.63, 3.8) is 0 Å². The quantitative estimate of drug-likeness (QED) is 0.579. The van der Waals surface area contributed by atoms with Crippen LogP contribution in [0.25, 0.3) is 11.1 Å². The number of ether oxygens (including phenoxy) is 1. The van der Waals surface area contributed by atoms with Gasteiger partial charge in [-0.05, 0) is 30.2 Å². The molecule has 3 rings (SSSR count). The molecule has 3 aromatic carbocycles. The van der Waals surface area contributed by atoms with Crippen LogP contribution in [0.15, 0.2) is 78.9 Å². The molecule has 3 nitrogen and oxygen atoms in total. The Kier molecular flexibility index (Phi) is 6.50. The number of quaternary nitrogens is 1. The molecule has 0 aliphatic carbocycles. The number of hydrogen-bond acceptors (Lipinski definition) is 2. The predicted octanol–water partition coefficient (Wildman–Crippen LogP) is 4.68. The summed E-state index contributed by atoms with van der Waals surface area (Å²) < 4.78 is 6.52. The van der Waals surface area contributed by atoms with Crippen molar-refractivity contribution in [1.29, 1.82) is 0 Å². The van der Waals surface area contributed by atoms with Crippen molar-refractivity contribution >= 4 is 0 Å². The Bertz CT molecular complexity index is 855. The lowest BCUT2D eigenvalue weighted by Gasteiger charge is -2.32. The molecule has 3 aromatic rings. The Hall–Kier alpha value is -2.62. The molecule has 0 heterocycles. The number of nitrogens with zero attached hydrogens (tertiary/aromatic N) is 1. The van der Waals surface area contributed by atoms with Gasteiger partial charge in [-0.2, -0.15) is 0 Å². The fourth-order valence-electron chi connectivity index (χ4n) is 3.44. The highest BCUT2D eigenvalue weighted by molar-refractivity contribution is 5.63. The van der Waals surface area contributed by atoms with E-state index in [-0.39, 0.29) is 0 Å². The van der Waals surface area contributed by atoms with E-state index in [1.165, 1.54) is 16.7 Å². The number of rotatable bonds is 8. The van der Waals surface area contributed by atoms with Crippen LogP contribution in [-0.2, 0) is 6.54 Å². The van der Waals surface area contributed by atoms with Gasteiger partial charge in [0.15, 0.2) is 0 Å². The molecular weight excluding hydrogens is 346 g/mol. The molecule has 0 aromatic heterocycles. The van der Waals surface area contributed by atoms with Crippen LogP contribution < -0.4 is 4.74 Å². The van der Waals surface area contributed by atoms with Crippen molar-refractivity contribution in [2.45, 2.75) is 19.6 Å². The monoisotopic (exact) mass is 376 g/mol. The van der Waals surface area contributed by atoms with Crippen LogP contribution in [0.3, 0.4) is 0 Å². The number of aryl methyl sites for hydroxylation is 1. The first-order valence-electron chi connectivity index (χ1n) is 9.75. The Morgan fingerprint density at radius 3 is 2.07 bits per heavy atom. The lowest BCUT2D eigenvalue weighted by Crippen LogP contribution is -2.46. The minimum absolute atomic E-state index is 0.292. The van der Waals surface area contributed by atoms with Gasteiger partial charge in [0.25, 0.3) is 0 Å². The third-order valence-electron chi connectivity index (χ3n) is 4.84. The van der Waals surface area contributed by atoms with Crippen molar-refractivity contribution in [2.75, 3.05) is 27.2 Å². The summed E-state index contributed by atoms with van der Waals surface area (Å²) in [5, 5.41) is 10.5. The van der Waals surface area contributed by atoms with Crippen molar-refractivity contribution in [3.8, 4) is 16.9 Å². The van der Waals surface area contributed by atoms with Gasteiger partial charge in [0.05, 0.1) is 14.1 Å². The summed E-state index contributed by atoms with van der Waals surface area (Å²) in [6, 6.07) is 26.9. The summed E-state index contributed by atoms with van der Waals surface area (Å²) in [4.78, 5) is 0. The molecule has 1 N–H and O–H groups in total. The van der Waals surface area contributed by atoms with Crippen molar-refractivity contribution in [3.05, 3.63) is 90.0 Å². The van der Waals surface area contributed by atoms with E-state index in [1.807, 2.05) is 30.3 Å². The number of aliphatic hydroxyl groups excluding tert-OH is 1. The summed E-state index contributed by atoms with van der Waals surface area (Å²) in [5.41, 5.74) is 4.88. The molecule has 0 saturated carbocycles. The molecule has 1 atom stereocenters. The van der Waals surface area contributed by atoms with Gasteiger partial charge in [-0.3, -0.25) is 0 Å². The molecular formula is C25H30NO2+. The molecule has 0 saturated heterocycles. The SMILES string of the molecule is Cc1ccc(C[N+](C)(C)CC(O)COc2ccc(-c3ccccc3)cc2)cc1. The van der Waals surface area contributed by atoms with E-state index in [0.29, 0.717) is 17.6 Å². The van der Waals surface area contributed by atoms with Crippen LogP contribution in [-0.4, -0.2) is 42.9 Å². The molecule has 0 bridgehead atoms. The van der Waals surface area contributed by atoms with Crippen LogP contribution in [0.4, 0.5) is 0 Å². The van der Waals surface area contributed by atoms with Crippen molar-refractivity contribution < 1.29 is 14.3 Å². The van der Waals surface area contributed by atoms with Gasteiger partial charge in [0.1, 0.15) is 31.5 Å². The zero-order chi connectivity index (χ0) is 20.0. The Balaban J connectivity index is 1.50. The van der Waals surface area contributed by atoms with E-state index in [4.69, 9.17) is 4.74 Å². The number of likely N-dealkylation sites (N-methyl/N-ethyl adjacent to an activating group) is 1. The topological polar surface area (TPSA) is 29.5 Å². The van der Waals surface area contributed by atoms with Gasteiger partial charge in [-0.25, -0.2) is 0 Å². The first-order chi connectivity index (χ1) is 13.4. The molecule has 1 unspecified atom stereocenters. The minimum atomic E-state index is -0.519. The maximum absolute atomic E-state index is 10.5. The van der Waals surface area contributed by atoms with E-state index in [9.17, 15) is 5.11 Å². The lowest BCUT2D eigenvalue weighted by molar-refractivity contribution is -0.906. The molecule has 0 amide bonds. The molecule has 0 fully saturated rings. The molecule has 28 heavy (non-hydrogen) atoms. The number of hydrogen-bond donors (Lipinski definition) is 1. The smallest absolute Gasteiger partial charge is 0.137 e. The first kappa shape index (κ1) is 20.1. The Labute approximate surface area is 168 Å². The van der Waals surface area contributed by atoms with E-state index in [2.05, 4.69) is 69.6 Å². The van der Waals surface area contributed by atoms with Crippen LogP contribution in [0.1, 0.15) is 11.1 Å². The van der Waals surface area contributed by atoms with Gasteiger partial charge in [-0.1, -0.05) is 72.3 Å². The maximum atomic E-state index is 10.5. The van der Waals surface area contributed by atoms with E-state index >= 15 is 0 Å². The van der Waals surface area contributed by atoms with E-state index in [1.54, 1.807) is 0 Å². The predicted molar refractivity (Wildman–Crippen MR) is 115 cm³/mol. The Morgan fingerprint density at radius 2 is 1.43 bits per heavy atom. The van der Waals surface area contributed by atoms with Crippen molar-refractivity contribution in [1.82, 2.24) is 0 Å².